The van der Waals surface area contributed by atoms with Crippen molar-refractivity contribution >= 4 is 11.7 Å². The summed E-state index contributed by atoms with van der Waals surface area (Å²) in [6.07, 6.45) is 3.53. The van der Waals surface area contributed by atoms with Gasteiger partial charge in [-0.25, -0.2) is 10.00 Å². The number of carbonyl (C=O) groups excluding carboxylic acids is 2. The molecular weight excluding hydrogens is 414 g/mol. The molecule has 0 fully saturated rings. The van der Waals surface area contributed by atoms with Crippen LogP contribution in [0.15, 0.2) is 60.3 Å². The number of nitrogens with one attached hydrogen (secondary N) is 1. The highest BCUT2D eigenvalue weighted by Gasteiger charge is 2.25. The van der Waals surface area contributed by atoms with Crippen LogP contribution in [0.3, 0.4) is 0 Å². The Balaban J connectivity index is 1.62. The number of ether oxygens (including phenoxy) is 3. The Morgan fingerprint density at radius 2 is 1.91 bits per heavy atom. The summed E-state index contributed by atoms with van der Waals surface area (Å²) in [5.74, 6) is -1.00. The van der Waals surface area contributed by atoms with Crippen molar-refractivity contribution in [1.29, 1.82) is 0 Å². The second kappa shape index (κ2) is 11.8. The molecule has 10 nitrogen and oxygen atoms in total. The van der Waals surface area contributed by atoms with Gasteiger partial charge in [-0.05, 0) is 19.4 Å². The second-order valence-corrected chi connectivity index (χ2v) is 6.64. The van der Waals surface area contributed by atoms with Crippen molar-refractivity contribution in [2.24, 2.45) is 0 Å². The van der Waals surface area contributed by atoms with Crippen LogP contribution in [0.1, 0.15) is 31.4 Å². The number of nitrogens with zero attached hydrogens (tertiary/aromatic N) is 4. The molecule has 3 rings (SSSR count). The van der Waals surface area contributed by atoms with E-state index < -0.39 is 18.0 Å². The monoisotopic (exact) mass is 440 g/mol. The lowest BCUT2D eigenvalue weighted by atomic mass is 10.2. The van der Waals surface area contributed by atoms with Gasteiger partial charge in [0, 0.05) is 32.0 Å². The Morgan fingerprint density at radius 3 is 2.62 bits per heavy atom. The highest BCUT2D eigenvalue weighted by Crippen LogP contribution is 2.18. The fourth-order valence-electron chi connectivity index (χ4n) is 2.96. The molecule has 32 heavy (non-hydrogen) atoms. The molecule has 1 aromatic heterocycles. The Hall–Kier alpha value is -3.50. The van der Waals surface area contributed by atoms with E-state index in [2.05, 4.69) is 20.9 Å². The lowest BCUT2D eigenvalue weighted by molar-refractivity contribution is -0.144. The molecule has 1 aliphatic heterocycles. The molecule has 0 aliphatic carbocycles. The number of benzene rings is 1. The summed E-state index contributed by atoms with van der Waals surface area (Å²) in [4.78, 5) is 25.0. The molecule has 0 saturated carbocycles. The fraction of sp³-hybridized carbons (Fsp3) is 0.364. The molecule has 1 aromatic carbocycles. The van der Waals surface area contributed by atoms with Gasteiger partial charge in [0.25, 0.3) is 5.91 Å². The van der Waals surface area contributed by atoms with E-state index in [1.165, 1.54) is 12.3 Å². The summed E-state index contributed by atoms with van der Waals surface area (Å²) in [6, 6.07) is 9.36. The van der Waals surface area contributed by atoms with Crippen molar-refractivity contribution in [2.75, 3.05) is 19.8 Å². The third kappa shape index (κ3) is 6.02. The molecular formula is C22H26N5O5. The standard InChI is InChI=1S/C22H26N5O5/c1-3-30-22(31-4-2)17-14-25-26-27(17)13-12-24-21(29)19-20(18(28)10-11-23-19)32-15-16-8-6-5-7-9-16/h5-11,14,22H,3-4,12-13,15H2,1-2H3,(H,24,29). The predicted molar refractivity (Wildman–Crippen MR) is 114 cm³/mol. The van der Waals surface area contributed by atoms with Gasteiger partial charge in [0.05, 0.1) is 12.7 Å². The van der Waals surface area contributed by atoms with Gasteiger partial charge in [-0.2, -0.15) is 0 Å². The van der Waals surface area contributed by atoms with Gasteiger partial charge in [0.2, 0.25) is 12.1 Å². The van der Waals surface area contributed by atoms with Gasteiger partial charge >= 0.3 is 0 Å². The van der Waals surface area contributed by atoms with Crippen molar-refractivity contribution < 1.29 is 23.8 Å². The summed E-state index contributed by atoms with van der Waals surface area (Å²) in [5, 5.41) is 14.7. The third-order valence-electron chi connectivity index (χ3n) is 4.44. The number of aromatic nitrogens is 3. The summed E-state index contributed by atoms with van der Waals surface area (Å²) >= 11 is 0. The van der Waals surface area contributed by atoms with E-state index in [-0.39, 0.29) is 24.6 Å². The van der Waals surface area contributed by atoms with E-state index in [0.717, 1.165) is 5.56 Å². The predicted octanol–water partition coefficient (Wildman–Crippen LogP) is 1.60. The quantitative estimate of drug-likeness (QED) is 0.498. The van der Waals surface area contributed by atoms with Crippen molar-refractivity contribution in [1.82, 2.24) is 25.6 Å². The minimum absolute atomic E-state index is 0.0613. The van der Waals surface area contributed by atoms with Crippen molar-refractivity contribution in [3.8, 4) is 0 Å². The number of hydrogen-bond donors (Lipinski definition) is 1. The van der Waals surface area contributed by atoms with Crippen LogP contribution < -0.4 is 10.6 Å². The van der Waals surface area contributed by atoms with Crippen LogP contribution in [0, 0.1) is 0 Å². The number of allylic oxidation sites excluding steroid dienone is 1. The minimum Gasteiger partial charge on any atom is -0.482 e. The summed E-state index contributed by atoms with van der Waals surface area (Å²) < 4.78 is 18.4. The zero-order valence-corrected chi connectivity index (χ0v) is 18.1. The van der Waals surface area contributed by atoms with Gasteiger partial charge < -0.3 is 19.5 Å². The average Bonchev–Trinajstić information content (AvgIpc) is 3.27. The van der Waals surface area contributed by atoms with Crippen molar-refractivity contribution in [2.45, 2.75) is 33.3 Å². The first-order chi connectivity index (χ1) is 15.6. The smallest absolute Gasteiger partial charge is 0.273 e. The van der Waals surface area contributed by atoms with Crippen LogP contribution in [-0.4, -0.2) is 46.4 Å². The molecule has 0 bridgehead atoms. The molecule has 169 valence electrons. The molecule has 2 aromatic rings. The summed E-state index contributed by atoms with van der Waals surface area (Å²) in [5.41, 5.74) is 1.46. The maximum atomic E-state index is 12.7. The number of carbonyl (C=O) groups is 2. The zero-order valence-electron chi connectivity index (χ0n) is 18.1. The van der Waals surface area contributed by atoms with E-state index in [1.807, 2.05) is 44.2 Å². The van der Waals surface area contributed by atoms with E-state index in [4.69, 9.17) is 14.2 Å². The average molecular weight is 440 g/mol. The molecule has 1 N–H and O–H groups in total. The molecule has 10 heteroatoms. The van der Waals surface area contributed by atoms with Crippen LogP contribution in [0.5, 0.6) is 0 Å². The number of amides is 1. The van der Waals surface area contributed by atoms with Gasteiger partial charge in [0.15, 0.2) is 11.5 Å². The summed E-state index contributed by atoms with van der Waals surface area (Å²) in [6.45, 7) is 5.38. The fourth-order valence-corrected chi connectivity index (χ4v) is 2.96. The Bertz CT molecular complexity index is 964. The lowest BCUT2D eigenvalue weighted by Crippen LogP contribution is -2.34. The van der Waals surface area contributed by atoms with Crippen LogP contribution >= 0.6 is 0 Å². The number of ketones is 1. The SMILES string of the molecule is CCOC(OCC)c1cnnn1CCNC(=O)C1=C(OCc2ccccc2)C(=O)C=C[N]1. The van der Waals surface area contributed by atoms with E-state index in [1.54, 1.807) is 10.9 Å². The van der Waals surface area contributed by atoms with Crippen LogP contribution in [0.4, 0.5) is 0 Å². The van der Waals surface area contributed by atoms with Crippen LogP contribution in [0.2, 0.25) is 0 Å². The molecule has 1 amide bonds. The molecule has 0 unspecified atom stereocenters. The van der Waals surface area contributed by atoms with Crippen LogP contribution in [-0.2, 0) is 37.0 Å². The molecule has 0 spiro atoms. The first-order valence-corrected chi connectivity index (χ1v) is 10.4. The second-order valence-electron chi connectivity index (χ2n) is 6.64. The van der Waals surface area contributed by atoms with Crippen LogP contribution in [0.25, 0.3) is 0 Å². The van der Waals surface area contributed by atoms with E-state index >= 15 is 0 Å². The number of rotatable bonds is 12. The van der Waals surface area contributed by atoms with E-state index in [9.17, 15) is 9.59 Å². The van der Waals surface area contributed by atoms with E-state index in [0.29, 0.717) is 25.5 Å². The molecule has 2 heterocycles. The first-order valence-electron chi connectivity index (χ1n) is 10.4. The molecule has 1 aliphatic rings. The molecule has 0 saturated heterocycles. The molecule has 1 radical (unpaired) electrons. The Morgan fingerprint density at radius 1 is 1.16 bits per heavy atom. The lowest BCUT2D eigenvalue weighted by Gasteiger charge is -2.18. The van der Waals surface area contributed by atoms with Gasteiger partial charge in [-0.3, -0.25) is 9.59 Å². The van der Waals surface area contributed by atoms with Crippen molar-refractivity contribution in [3.63, 3.8) is 0 Å². The first kappa shape index (κ1) is 23.2. The molecule has 0 atom stereocenters. The normalized spacial score (nSPS) is 13.4. The topological polar surface area (TPSA) is 119 Å². The summed E-state index contributed by atoms with van der Waals surface area (Å²) in [7, 11) is 0. The maximum Gasteiger partial charge on any atom is 0.273 e. The van der Waals surface area contributed by atoms with Gasteiger partial charge in [-0.15, -0.1) is 5.10 Å². The Labute approximate surface area is 186 Å². The largest absolute Gasteiger partial charge is 0.482 e. The van der Waals surface area contributed by atoms with Gasteiger partial charge in [0.1, 0.15) is 12.3 Å². The maximum absolute atomic E-state index is 12.7. The highest BCUT2D eigenvalue weighted by atomic mass is 16.7. The Kier molecular flexibility index (Phi) is 8.52. The minimum atomic E-state index is -0.590. The third-order valence-corrected chi connectivity index (χ3v) is 4.44. The highest BCUT2D eigenvalue weighted by molar-refractivity contribution is 6.10. The number of hydrogen-bond acceptors (Lipinski definition) is 7. The van der Waals surface area contributed by atoms with Gasteiger partial charge in [-0.1, -0.05) is 35.5 Å². The van der Waals surface area contributed by atoms with Crippen molar-refractivity contribution in [3.05, 3.63) is 71.5 Å². The zero-order chi connectivity index (χ0) is 22.8.